The Labute approximate surface area is 143 Å². The van der Waals surface area contributed by atoms with Gasteiger partial charge in [-0.2, -0.15) is 0 Å². The molecule has 2 aromatic heterocycles. The molecule has 0 aromatic carbocycles. The number of nitrogens with zero attached hydrogens (tertiary/aromatic N) is 2. The standard InChI is InChI=1S/C19H26N2O3/c1-15(2)19(22)21(13-16-7-6-12-23-16)14-17-8-9-18(24-17)20-10-4-3-5-11-20/h6-9,12,15H,3-5,10-11,13-14H2,1-2H3. The zero-order valence-corrected chi connectivity index (χ0v) is 14.5. The van der Waals surface area contributed by atoms with Crippen LogP contribution >= 0.6 is 0 Å². The predicted octanol–water partition coefficient (Wildman–Crippen LogP) is 4.05. The monoisotopic (exact) mass is 330 g/mol. The quantitative estimate of drug-likeness (QED) is 0.802. The van der Waals surface area contributed by atoms with Gasteiger partial charge in [0, 0.05) is 25.1 Å². The van der Waals surface area contributed by atoms with Crippen molar-refractivity contribution >= 4 is 11.8 Å². The number of furan rings is 2. The van der Waals surface area contributed by atoms with Crippen LogP contribution in [0.25, 0.3) is 0 Å². The second-order valence-corrected chi connectivity index (χ2v) is 6.72. The van der Waals surface area contributed by atoms with E-state index in [2.05, 4.69) is 4.90 Å². The molecule has 0 N–H and O–H groups in total. The molecular weight excluding hydrogens is 304 g/mol. The minimum atomic E-state index is -0.0588. The van der Waals surface area contributed by atoms with Crippen LogP contribution in [0.2, 0.25) is 0 Å². The fraction of sp³-hybridized carbons (Fsp3) is 0.526. The topological polar surface area (TPSA) is 49.8 Å². The molecule has 0 unspecified atom stereocenters. The van der Waals surface area contributed by atoms with Gasteiger partial charge in [-0.15, -0.1) is 0 Å². The second-order valence-electron chi connectivity index (χ2n) is 6.72. The average Bonchev–Trinajstić information content (AvgIpc) is 3.26. The Morgan fingerprint density at radius 1 is 1.12 bits per heavy atom. The number of rotatable bonds is 6. The zero-order chi connectivity index (χ0) is 16.9. The highest BCUT2D eigenvalue weighted by atomic mass is 16.4. The minimum absolute atomic E-state index is 0.0588. The van der Waals surface area contributed by atoms with E-state index < -0.39 is 0 Å². The molecular formula is C19H26N2O3. The van der Waals surface area contributed by atoms with E-state index in [1.807, 2.05) is 38.1 Å². The van der Waals surface area contributed by atoms with Crippen LogP contribution in [0.15, 0.2) is 39.4 Å². The lowest BCUT2D eigenvalue weighted by atomic mass is 10.1. The summed E-state index contributed by atoms with van der Waals surface area (Å²) in [5.74, 6) is 2.56. The number of hydrogen-bond acceptors (Lipinski definition) is 4. The molecule has 1 aliphatic rings. The largest absolute Gasteiger partial charge is 0.467 e. The van der Waals surface area contributed by atoms with Crippen molar-refractivity contribution in [3.8, 4) is 0 Å². The minimum Gasteiger partial charge on any atom is -0.467 e. The van der Waals surface area contributed by atoms with Gasteiger partial charge >= 0.3 is 0 Å². The molecule has 5 nitrogen and oxygen atoms in total. The van der Waals surface area contributed by atoms with Gasteiger partial charge in [-0.05, 0) is 37.5 Å². The molecule has 1 saturated heterocycles. The average molecular weight is 330 g/mol. The van der Waals surface area contributed by atoms with Gasteiger partial charge in [0.1, 0.15) is 11.5 Å². The fourth-order valence-corrected chi connectivity index (χ4v) is 3.09. The molecule has 5 heteroatoms. The van der Waals surface area contributed by atoms with Crippen LogP contribution in [0.5, 0.6) is 0 Å². The third-order valence-corrected chi connectivity index (χ3v) is 4.39. The van der Waals surface area contributed by atoms with Crippen LogP contribution in [0.4, 0.5) is 5.88 Å². The maximum atomic E-state index is 12.5. The number of carbonyl (C=O) groups is 1. The van der Waals surface area contributed by atoms with Gasteiger partial charge in [0.15, 0.2) is 5.88 Å². The molecule has 0 saturated carbocycles. The lowest BCUT2D eigenvalue weighted by Gasteiger charge is -2.26. The van der Waals surface area contributed by atoms with Crippen molar-refractivity contribution in [2.75, 3.05) is 18.0 Å². The number of piperidine rings is 1. The summed E-state index contributed by atoms with van der Waals surface area (Å²) in [6, 6.07) is 7.73. The molecule has 130 valence electrons. The van der Waals surface area contributed by atoms with Crippen molar-refractivity contribution in [3.63, 3.8) is 0 Å². The summed E-state index contributed by atoms with van der Waals surface area (Å²) in [7, 11) is 0. The molecule has 2 aromatic rings. The first-order valence-electron chi connectivity index (χ1n) is 8.78. The molecule has 1 aliphatic heterocycles. The lowest BCUT2D eigenvalue weighted by Crippen LogP contribution is -2.33. The van der Waals surface area contributed by atoms with Crippen molar-refractivity contribution in [2.24, 2.45) is 5.92 Å². The van der Waals surface area contributed by atoms with Gasteiger partial charge in [-0.3, -0.25) is 4.79 Å². The van der Waals surface area contributed by atoms with E-state index in [0.717, 1.165) is 30.5 Å². The number of carbonyl (C=O) groups excluding carboxylic acids is 1. The van der Waals surface area contributed by atoms with Crippen molar-refractivity contribution in [2.45, 2.75) is 46.2 Å². The van der Waals surface area contributed by atoms with Crippen molar-refractivity contribution < 1.29 is 13.6 Å². The molecule has 1 amide bonds. The molecule has 1 fully saturated rings. The zero-order valence-electron chi connectivity index (χ0n) is 14.5. The predicted molar refractivity (Wildman–Crippen MR) is 92.6 cm³/mol. The maximum absolute atomic E-state index is 12.5. The van der Waals surface area contributed by atoms with Gasteiger partial charge in [0.25, 0.3) is 0 Å². The molecule has 0 bridgehead atoms. The van der Waals surface area contributed by atoms with Gasteiger partial charge in [0.05, 0.1) is 19.4 Å². The Morgan fingerprint density at radius 2 is 1.88 bits per heavy atom. The summed E-state index contributed by atoms with van der Waals surface area (Å²) >= 11 is 0. The highest BCUT2D eigenvalue weighted by Gasteiger charge is 2.21. The van der Waals surface area contributed by atoms with Crippen molar-refractivity contribution in [3.05, 3.63) is 42.0 Å². The summed E-state index contributed by atoms with van der Waals surface area (Å²) in [6.45, 7) is 6.86. The summed E-state index contributed by atoms with van der Waals surface area (Å²) < 4.78 is 11.4. The van der Waals surface area contributed by atoms with Crippen LogP contribution in [0.1, 0.15) is 44.6 Å². The highest BCUT2D eigenvalue weighted by molar-refractivity contribution is 5.78. The fourth-order valence-electron chi connectivity index (χ4n) is 3.09. The number of hydrogen-bond donors (Lipinski definition) is 0. The van der Waals surface area contributed by atoms with E-state index >= 15 is 0 Å². The molecule has 0 atom stereocenters. The Bertz CT molecular complexity index is 639. The summed E-state index contributed by atoms with van der Waals surface area (Å²) in [5.41, 5.74) is 0. The lowest BCUT2D eigenvalue weighted by molar-refractivity contribution is -0.136. The highest BCUT2D eigenvalue weighted by Crippen LogP contribution is 2.24. The third kappa shape index (κ3) is 4.02. The first-order valence-corrected chi connectivity index (χ1v) is 8.78. The van der Waals surface area contributed by atoms with E-state index in [1.165, 1.54) is 19.3 Å². The molecule has 0 spiro atoms. The summed E-state index contributed by atoms with van der Waals surface area (Å²) in [6.07, 6.45) is 5.36. The first kappa shape index (κ1) is 16.7. The van der Waals surface area contributed by atoms with Gasteiger partial charge in [-0.25, -0.2) is 0 Å². The summed E-state index contributed by atoms with van der Waals surface area (Å²) in [5, 5.41) is 0. The number of amides is 1. The van der Waals surface area contributed by atoms with Crippen LogP contribution in [0.3, 0.4) is 0 Å². The van der Waals surface area contributed by atoms with E-state index in [4.69, 9.17) is 8.83 Å². The van der Waals surface area contributed by atoms with E-state index in [-0.39, 0.29) is 11.8 Å². The third-order valence-electron chi connectivity index (χ3n) is 4.39. The Balaban J connectivity index is 1.69. The van der Waals surface area contributed by atoms with Gasteiger partial charge < -0.3 is 18.6 Å². The SMILES string of the molecule is CC(C)C(=O)N(Cc1ccco1)Cc1ccc(N2CCCCC2)o1. The van der Waals surface area contributed by atoms with E-state index in [1.54, 1.807) is 11.2 Å². The molecule has 3 heterocycles. The van der Waals surface area contributed by atoms with Crippen LogP contribution in [-0.4, -0.2) is 23.9 Å². The molecule has 0 aliphatic carbocycles. The van der Waals surface area contributed by atoms with Crippen LogP contribution < -0.4 is 4.90 Å². The molecule has 3 rings (SSSR count). The first-order chi connectivity index (χ1) is 11.6. The van der Waals surface area contributed by atoms with Gasteiger partial charge in [-0.1, -0.05) is 13.8 Å². The van der Waals surface area contributed by atoms with E-state index in [0.29, 0.717) is 13.1 Å². The maximum Gasteiger partial charge on any atom is 0.225 e. The normalized spacial score (nSPS) is 15.0. The molecule has 0 radical (unpaired) electrons. The van der Waals surface area contributed by atoms with Crippen molar-refractivity contribution in [1.82, 2.24) is 4.90 Å². The summed E-state index contributed by atoms with van der Waals surface area (Å²) in [4.78, 5) is 16.6. The Hall–Kier alpha value is -2.17. The van der Waals surface area contributed by atoms with E-state index in [9.17, 15) is 4.79 Å². The van der Waals surface area contributed by atoms with Gasteiger partial charge in [0.2, 0.25) is 5.91 Å². The van der Waals surface area contributed by atoms with Crippen LogP contribution in [-0.2, 0) is 17.9 Å². The second kappa shape index (κ2) is 7.60. The number of anilines is 1. The Morgan fingerprint density at radius 3 is 2.54 bits per heavy atom. The van der Waals surface area contributed by atoms with Crippen LogP contribution in [0, 0.1) is 5.92 Å². The molecule has 24 heavy (non-hydrogen) atoms. The Kier molecular flexibility index (Phi) is 5.28. The smallest absolute Gasteiger partial charge is 0.225 e. The van der Waals surface area contributed by atoms with Crippen molar-refractivity contribution in [1.29, 1.82) is 0 Å².